The summed E-state index contributed by atoms with van der Waals surface area (Å²) in [5, 5.41) is 12.9. The van der Waals surface area contributed by atoms with Crippen molar-refractivity contribution in [2.24, 2.45) is 5.16 Å². The van der Waals surface area contributed by atoms with Crippen molar-refractivity contribution in [3.63, 3.8) is 0 Å². The maximum absolute atomic E-state index is 10.6. The molecule has 29 heavy (non-hydrogen) atoms. The third-order valence-electron chi connectivity index (χ3n) is 4.17. The van der Waals surface area contributed by atoms with Crippen LogP contribution in [0.2, 0.25) is 0 Å². The molecule has 3 rings (SSSR count). The van der Waals surface area contributed by atoms with Gasteiger partial charge in [0.1, 0.15) is 17.2 Å². The fourth-order valence-electron chi connectivity index (χ4n) is 2.65. The van der Waals surface area contributed by atoms with Crippen LogP contribution in [-0.4, -0.2) is 28.4 Å². The average molecular weight is 394 g/mol. The molecule has 7 nitrogen and oxygen atoms in total. The first-order valence-corrected chi connectivity index (χ1v) is 9.22. The summed E-state index contributed by atoms with van der Waals surface area (Å²) in [6.07, 6.45) is 0.669. The zero-order valence-corrected chi connectivity index (χ0v) is 16.3. The Kier molecular flexibility index (Phi) is 6.63. The molecule has 150 valence electrons. The number of oxazole rings is 1. The zero-order valence-electron chi connectivity index (χ0n) is 16.3. The Hall–Kier alpha value is -3.61. The quantitative estimate of drug-likeness (QED) is 0.426. The molecule has 0 amide bonds. The highest BCUT2D eigenvalue weighted by Gasteiger charge is 2.12. The van der Waals surface area contributed by atoms with Gasteiger partial charge in [0.2, 0.25) is 5.89 Å². The highest BCUT2D eigenvalue weighted by molar-refractivity contribution is 6.00. The molecule has 0 saturated carbocycles. The lowest BCUT2D eigenvalue weighted by molar-refractivity contribution is -0.139. The van der Waals surface area contributed by atoms with Gasteiger partial charge in [0, 0.05) is 5.56 Å². The van der Waals surface area contributed by atoms with E-state index in [-0.39, 0.29) is 13.2 Å². The van der Waals surface area contributed by atoms with E-state index in [0.29, 0.717) is 29.5 Å². The lowest BCUT2D eigenvalue weighted by Crippen LogP contribution is -2.09. The van der Waals surface area contributed by atoms with E-state index in [1.54, 1.807) is 12.1 Å². The molecule has 0 aliphatic rings. The molecular weight excluding hydrogens is 372 g/mol. The van der Waals surface area contributed by atoms with Crippen LogP contribution in [0.4, 0.5) is 0 Å². The van der Waals surface area contributed by atoms with Gasteiger partial charge in [-0.2, -0.15) is 0 Å². The minimum absolute atomic E-state index is 0.200. The largest absolute Gasteiger partial charge is 0.482 e. The molecule has 3 aromatic rings. The van der Waals surface area contributed by atoms with Crippen molar-refractivity contribution in [1.29, 1.82) is 0 Å². The maximum Gasteiger partial charge on any atom is 0.341 e. The van der Waals surface area contributed by atoms with Crippen LogP contribution in [0, 0.1) is 6.92 Å². The number of carboxylic acid groups (broad SMARTS) is 1. The van der Waals surface area contributed by atoms with Crippen molar-refractivity contribution in [3.05, 3.63) is 71.6 Å². The second-order valence-electron chi connectivity index (χ2n) is 6.26. The molecule has 2 aromatic carbocycles. The van der Waals surface area contributed by atoms with Gasteiger partial charge in [0.15, 0.2) is 13.2 Å². The Balaban J connectivity index is 1.64. The normalized spacial score (nSPS) is 11.3. The van der Waals surface area contributed by atoms with Crippen LogP contribution in [0.15, 0.2) is 64.2 Å². The molecule has 0 aliphatic carbocycles. The van der Waals surface area contributed by atoms with Gasteiger partial charge >= 0.3 is 5.97 Å². The average Bonchev–Trinajstić information content (AvgIpc) is 3.11. The van der Waals surface area contributed by atoms with E-state index in [4.69, 9.17) is 19.1 Å². The minimum atomic E-state index is -1.02. The number of ether oxygens (including phenoxy) is 1. The highest BCUT2D eigenvalue weighted by atomic mass is 16.6. The van der Waals surface area contributed by atoms with E-state index in [9.17, 15) is 4.79 Å². The van der Waals surface area contributed by atoms with Gasteiger partial charge in [-0.25, -0.2) is 9.78 Å². The Bertz CT molecular complexity index is 978. The summed E-state index contributed by atoms with van der Waals surface area (Å²) in [7, 11) is 0. The van der Waals surface area contributed by atoms with Gasteiger partial charge in [-0.15, -0.1) is 0 Å². The van der Waals surface area contributed by atoms with Gasteiger partial charge in [-0.05, 0) is 55.3 Å². The lowest BCUT2D eigenvalue weighted by Gasteiger charge is -2.07. The molecule has 1 aromatic heterocycles. The van der Waals surface area contributed by atoms with E-state index in [1.807, 2.05) is 56.3 Å². The molecule has 7 heteroatoms. The van der Waals surface area contributed by atoms with Crippen molar-refractivity contribution in [3.8, 4) is 17.2 Å². The van der Waals surface area contributed by atoms with Crippen LogP contribution >= 0.6 is 0 Å². The first kappa shape index (κ1) is 20.1. The van der Waals surface area contributed by atoms with Crippen LogP contribution in [0.25, 0.3) is 11.5 Å². The molecule has 0 fully saturated rings. The monoisotopic (exact) mass is 394 g/mol. The van der Waals surface area contributed by atoms with Gasteiger partial charge in [0.05, 0.1) is 5.71 Å². The van der Waals surface area contributed by atoms with Crippen LogP contribution < -0.4 is 4.74 Å². The number of nitrogens with zero attached hydrogens (tertiary/aromatic N) is 2. The number of benzene rings is 2. The standard InChI is InChI=1S/C22H22N2O5/c1-3-19(16-9-11-18(12-10-16)27-14-21(25)26)24-28-13-20-15(2)29-22(23-20)17-7-5-4-6-8-17/h4-12H,3,13-14H2,1-2H3,(H,25,26). The maximum atomic E-state index is 10.6. The molecule has 1 heterocycles. The van der Waals surface area contributed by atoms with Crippen LogP contribution in [0.1, 0.15) is 30.4 Å². The zero-order chi connectivity index (χ0) is 20.6. The third-order valence-corrected chi connectivity index (χ3v) is 4.17. The van der Waals surface area contributed by atoms with E-state index in [1.165, 1.54) is 0 Å². The van der Waals surface area contributed by atoms with Gasteiger partial charge in [0.25, 0.3) is 0 Å². The summed E-state index contributed by atoms with van der Waals surface area (Å²) in [5.41, 5.74) is 3.24. The Labute approximate surface area is 168 Å². The van der Waals surface area contributed by atoms with E-state index in [0.717, 1.165) is 16.8 Å². The summed E-state index contributed by atoms with van der Waals surface area (Å²) in [6, 6.07) is 16.7. The van der Waals surface area contributed by atoms with Crippen molar-refractivity contribution in [2.75, 3.05) is 6.61 Å². The summed E-state index contributed by atoms with van der Waals surface area (Å²) < 4.78 is 10.9. The Morgan fingerprint density at radius 3 is 2.52 bits per heavy atom. The smallest absolute Gasteiger partial charge is 0.341 e. The molecule has 0 spiro atoms. The fourth-order valence-corrected chi connectivity index (χ4v) is 2.65. The predicted molar refractivity (Wildman–Crippen MR) is 108 cm³/mol. The number of carboxylic acids is 1. The van der Waals surface area contributed by atoms with E-state index in [2.05, 4.69) is 10.1 Å². The summed E-state index contributed by atoms with van der Waals surface area (Å²) in [6.45, 7) is 3.65. The van der Waals surface area contributed by atoms with Crippen molar-refractivity contribution >= 4 is 11.7 Å². The summed E-state index contributed by atoms with van der Waals surface area (Å²) >= 11 is 0. The number of aromatic nitrogens is 1. The Morgan fingerprint density at radius 2 is 1.86 bits per heavy atom. The second kappa shape index (κ2) is 9.54. The number of hydrogen-bond acceptors (Lipinski definition) is 6. The molecule has 0 radical (unpaired) electrons. The molecule has 1 N–H and O–H groups in total. The first-order chi connectivity index (χ1) is 14.1. The third kappa shape index (κ3) is 5.44. The van der Waals surface area contributed by atoms with Crippen LogP contribution in [0.3, 0.4) is 0 Å². The predicted octanol–water partition coefficient (Wildman–Crippen LogP) is 4.44. The molecule has 0 atom stereocenters. The molecule has 0 unspecified atom stereocenters. The van der Waals surface area contributed by atoms with Gasteiger partial charge in [-0.3, -0.25) is 0 Å². The number of aliphatic carboxylic acids is 1. The van der Waals surface area contributed by atoms with Gasteiger partial charge < -0.3 is 19.1 Å². The van der Waals surface area contributed by atoms with E-state index >= 15 is 0 Å². The number of aryl methyl sites for hydroxylation is 1. The van der Waals surface area contributed by atoms with Crippen molar-refractivity contribution < 1.29 is 23.9 Å². The Morgan fingerprint density at radius 1 is 1.14 bits per heavy atom. The number of carbonyl (C=O) groups is 1. The van der Waals surface area contributed by atoms with E-state index < -0.39 is 5.97 Å². The SMILES string of the molecule is CCC(=NOCc1nc(-c2ccccc2)oc1C)c1ccc(OCC(=O)O)cc1. The summed E-state index contributed by atoms with van der Waals surface area (Å²) in [4.78, 5) is 20.6. The lowest BCUT2D eigenvalue weighted by atomic mass is 10.1. The fraction of sp³-hybridized carbons (Fsp3) is 0.227. The van der Waals surface area contributed by atoms with Gasteiger partial charge in [-0.1, -0.05) is 30.3 Å². The molecular formula is C22H22N2O5. The highest BCUT2D eigenvalue weighted by Crippen LogP contribution is 2.22. The molecule has 0 saturated heterocycles. The first-order valence-electron chi connectivity index (χ1n) is 9.22. The number of rotatable bonds is 9. The molecule has 0 bridgehead atoms. The number of oxime groups is 1. The summed E-state index contributed by atoms with van der Waals surface area (Å²) in [5.74, 6) is 0.714. The van der Waals surface area contributed by atoms with Crippen molar-refractivity contribution in [1.82, 2.24) is 4.98 Å². The number of hydrogen-bond donors (Lipinski definition) is 1. The minimum Gasteiger partial charge on any atom is -0.482 e. The van der Waals surface area contributed by atoms with Crippen molar-refractivity contribution in [2.45, 2.75) is 26.9 Å². The topological polar surface area (TPSA) is 94.2 Å². The van der Waals surface area contributed by atoms with Crippen LogP contribution in [-0.2, 0) is 16.2 Å². The van der Waals surface area contributed by atoms with Crippen LogP contribution in [0.5, 0.6) is 5.75 Å². The molecule has 0 aliphatic heterocycles. The second-order valence-corrected chi connectivity index (χ2v) is 6.26.